The number of nitrogens with zero attached hydrogens (tertiary/aromatic N) is 1. The van der Waals surface area contributed by atoms with E-state index in [0.29, 0.717) is 16.7 Å². The quantitative estimate of drug-likeness (QED) is 0.205. The van der Waals surface area contributed by atoms with Gasteiger partial charge in [-0.1, -0.05) is 113 Å². The lowest BCUT2D eigenvalue weighted by molar-refractivity contribution is 0.0666. The van der Waals surface area contributed by atoms with Crippen LogP contribution in [0.5, 0.6) is 0 Å². The third-order valence-electron chi connectivity index (χ3n) is 8.27. The van der Waals surface area contributed by atoms with Crippen LogP contribution in [0, 0.1) is 5.41 Å². The second-order valence-corrected chi connectivity index (χ2v) is 11.0. The number of benzene rings is 4. The summed E-state index contributed by atoms with van der Waals surface area (Å²) >= 11 is 3.52. The Morgan fingerprint density at radius 3 is 2.03 bits per heavy atom. The first-order valence-electron chi connectivity index (χ1n) is 12.6. The van der Waals surface area contributed by atoms with Gasteiger partial charge in [0.05, 0.1) is 6.04 Å². The predicted molar refractivity (Wildman–Crippen MR) is 151 cm³/mol. The molecule has 3 aliphatic rings. The van der Waals surface area contributed by atoms with E-state index in [1.807, 2.05) is 83.8 Å². The maximum atomic E-state index is 14.6. The molecule has 0 aromatic heterocycles. The fourth-order valence-corrected chi connectivity index (χ4v) is 7.00. The van der Waals surface area contributed by atoms with Crippen molar-refractivity contribution in [2.45, 2.75) is 18.0 Å². The summed E-state index contributed by atoms with van der Waals surface area (Å²) in [4.78, 5) is 45.6. The van der Waals surface area contributed by atoms with Crippen LogP contribution >= 0.6 is 15.9 Å². The first-order valence-corrected chi connectivity index (χ1v) is 13.4. The molecule has 0 N–H and O–H groups in total. The van der Waals surface area contributed by atoms with Crippen molar-refractivity contribution in [1.29, 1.82) is 0 Å². The summed E-state index contributed by atoms with van der Waals surface area (Å²) in [7, 11) is 0. The van der Waals surface area contributed by atoms with Crippen LogP contribution in [0.1, 0.15) is 48.1 Å². The SMILES string of the molecule is O=C(c1ccccc1)[C@H]1[C@H](c2ccc(Br)cc2)C2(C(=O)c3ccccc3C2=O)C2C=Cc3ccccc3N21. The molecule has 184 valence electrons. The van der Waals surface area contributed by atoms with Gasteiger partial charge in [-0.2, -0.15) is 0 Å². The van der Waals surface area contributed by atoms with Crippen LogP contribution in [0.4, 0.5) is 5.69 Å². The van der Waals surface area contributed by atoms with E-state index in [2.05, 4.69) is 15.9 Å². The van der Waals surface area contributed by atoms with Crippen LogP contribution in [0.2, 0.25) is 0 Å². The Bertz CT molecular complexity index is 1620. The molecule has 0 radical (unpaired) electrons. The molecule has 4 nitrogen and oxygen atoms in total. The van der Waals surface area contributed by atoms with Gasteiger partial charge in [0.2, 0.25) is 0 Å². The van der Waals surface area contributed by atoms with Gasteiger partial charge >= 0.3 is 0 Å². The number of rotatable bonds is 3. The van der Waals surface area contributed by atoms with Crippen molar-refractivity contribution in [2.75, 3.05) is 4.90 Å². The summed E-state index contributed by atoms with van der Waals surface area (Å²) in [5, 5.41) is 0. The molecule has 0 bridgehead atoms. The third-order valence-corrected chi connectivity index (χ3v) is 8.80. The van der Waals surface area contributed by atoms with Crippen LogP contribution in [0.25, 0.3) is 6.08 Å². The van der Waals surface area contributed by atoms with Gasteiger partial charge in [0.1, 0.15) is 11.5 Å². The van der Waals surface area contributed by atoms with Gasteiger partial charge in [0.15, 0.2) is 17.3 Å². The monoisotopic (exact) mass is 559 g/mol. The standard InChI is InChI=1S/C33H22BrNO3/c34-23-17-14-21(15-18-23)28-29(30(36)22-9-2-1-3-10-22)35-26-13-7-4-8-20(26)16-19-27(35)33(28)31(37)24-11-5-6-12-25(24)32(33)38/h1-19,27-29H/t27?,28-,29+/m0/s1. The van der Waals surface area contributed by atoms with E-state index >= 15 is 0 Å². The molecule has 2 aliphatic heterocycles. The van der Waals surface area contributed by atoms with E-state index in [4.69, 9.17) is 0 Å². The van der Waals surface area contributed by atoms with Crippen molar-refractivity contribution in [3.05, 3.63) is 141 Å². The van der Waals surface area contributed by atoms with Crippen molar-refractivity contribution in [3.63, 3.8) is 0 Å². The van der Waals surface area contributed by atoms with Gasteiger partial charge in [0.25, 0.3) is 0 Å². The lowest BCUT2D eigenvalue weighted by atomic mass is 9.64. The van der Waals surface area contributed by atoms with Gasteiger partial charge in [0, 0.05) is 32.8 Å². The number of ketones is 3. The van der Waals surface area contributed by atoms with Gasteiger partial charge in [-0.25, -0.2) is 0 Å². The highest BCUT2D eigenvalue weighted by molar-refractivity contribution is 9.10. The van der Waals surface area contributed by atoms with Crippen molar-refractivity contribution < 1.29 is 14.4 Å². The van der Waals surface area contributed by atoms with Gasteiger partial charge in [-0.3, -0.25) is 14.4 Å². The average molecular weight is 560 g/mol. The zero-order chi connectivity index (χ0) is 26.0. The molecule has 1 unspecified atom stereocenters. The lowest BCUT2D eigenvalue weighted by Gasteiger charge is -2.37. The van der Waals surface area contributed by atoms with E-state index in [1.54, 1.807) is 36.4 Å². The number of carbonyl (C=O) groups excluding carboxylic acids is 3. The maximum absolute atomic E-state index is 14.6. The molecule has 4 aromatic carbocycles. The molecule has 5 heteroatoms. The highest BCUT2D eigenvalue weighted by Gasteiger charge is 2.71. The van der Waals surface area contributed by atoms with Crippen molar-refractivity contribution in [3.8, 4) is 0 Å². The van der Waals surface area contributed by atoms with Crippen LogP contribution in [-0.2, 0) is 0 Å². The molecule has 1 saturated heterocycles. The summed E-state index contributed by atoms with van der Waals surface area (Å²) in [5.41, 5.74) is 2.53. The van der Waals surface area contributed by atoms with Crippen molar-refractivity contribution in [2.24, 2.45) is 5.41 Å². The number of hydrogen-bond donors (Lipinski definition) is 0. The molecule has 0 saturated carbocycles. The minimum Gasteiger partial charge on any atom is -0.352 e. The second-order valence-electron chi connectivity index (χ2n) is 10.0. The largest absolute Gasteiger partial charge is 0.352 e. The summed E-state index contributed by atoms with van der Waals surface area (Å²) in [6, 6.07) is 30.4. The molecular weight excluding hydrogens is 538 g/mol. The zero-order valence-electron chi connectivity index (χ0n) is 20.3. The molecule has 0 amide bonds. The van der Waals surface area contributed by atoms with Crippen molar-refractivity contribution >= 4 is 45.0 Å². The molecule has 7 rings (SSSR count). The Morgan fingerprint density at radius 2 is 1.34 bits per heavy atom. The van der Waals surface area contributed by atoms with E-state index in [0.717, 1.165) is 21.3 Å². The average Bonchev–Trinajstić information content (AvgIpc) is 3.40. The first kappa shape index (κ1) is 23.1. The number of fused-ring (bicyclic) bond motifs is 5. The van der Waals surface area contributed by atoms with Crippen molar-refractivity contribution in [1.82, 2.24) is 0 Å². The molecule has 3 atom stereocenters. The Kier molecular flexibility index (Phi) is 5.14. The second kappa shape index (κ2) is 8.47. The number of carbonyl (C=O) groups is 3. The Balaban J connectivity index is 1.55. The normalized spacial score (nSPS) is 22.3. The van der Waals surface area contributed by atoms with Crippen LogP contribution in [0.15, 0.2) is 114 Å². The fourth-order valence-electron chi connectivity index (χ4n) is 6.73. The first-order chi connectivity index (χ1) is 18.5. The molecule has 1 aliphatic carbocycles. The summed E-state index contributed by atoms with van der Waals surface area (Å²) in [6.07, 6.45) is 3.93. The minimum absolute atomic E-state index is 0.109. The molecule has 4 aromatic rings. The number of halogens is 1. The third kappa shape index (κ3) is 2.99. The Hall–Kier alpha value is -4.09. The molecule has 1 spiro atoms. The van der Waals surface area contributed by atoms with E-state index in [1.165, 1.54) is 0 Å². The van der Waals surface area contributed by atoms with E-state index in [-0.39, 0.29) is 17.3 Å². The van der Waals surface area contributed by atoms with E-state index in [9.17, 15) is 14.4 Å². The number of para-hydroxylation sites is 1. The highest BCUT2D eigenvalue weighted by atomic mass is 79.9. The minimum atomic E-state index is -1.48. The lowest BCUT2D eigenvalue weighted by Crippen LogP contribution is -2.48. The Morgan fingerprint density at radius 1 is 0.737 bits per heavy atom. The van der Waals surface area contributed by atoms with Crippen LogP contribution in [-0.4, -0.2) is 29.4 Å². The topological polar surface area (TPSA) is 54.5 Å². The summed E-state index contributed by atoms with van der Waals surface area (Å²) in [5.74, 6) is -1.24. The van der Waals surface area contributed by atoms with E-state index < -0.39 is 23.4 Å². The fraction of sp³-hybridized carbons (Fsp3) is 0.121. The molecular formula is C33H22BrNO3. The number of Topliss-reactive ketones (excluding diaryl/α,β-unsaturated/α-hetero) is 3. The molecule has 2 heterocycles. The smallest absolute Gasteiger partial charge is 0.185 e. The maximum Gasteiger partial charge on any atom is 0.185 e. The van der Waals surface area contributed by atoms with Gasteiger partial charge in [-0.15, -0.1) is 0 Å². The number of hydrogen-bond acceptors (Lipinski definition) is 4. The molecule has 1 fully saturated rings. The highest BCUT2D eigenvalue weighted by Crippen LogP contribution is 2.61. The van der Waals surface area contributed by atoms with Gasteiger partial charge in [-0.05, 0) is 29.3 Å². The zero-order valence-corrected chi connectivity index (χ0v) is 21.8. The predicted octanol–water partition coefficient (Wildman–Crippen LogP) is 6.77. The summed E-state index contributed by atoms with van der Waals surface area (Å²) < 4.78 is 0.884. The van der Waals surface area contributed by atoms with Crippen LogP contribution in [0.3, 0.4) is 0 Å². The van der Waals surface area contributed by atoms with Crippen LogP contribution < -0.4 is 4.90 Å². The molecule has 38 heavy (non-hydrogen) atoms. The Labute approximate surface area is 228 Å². The summed E-state index contributed by atoms with van der Waals surface area (Å²) in [6.45, 7) is 0. The van der Waals surface area contributed by atoms with Gasteiger partial charge < -0.3 is 4.90 Å². The number of anilines is 1.